The monoisotopic (exact) mass is 324 g/mol. The van der Waals surface area contributed by atoms with E-state index in [2.05, 4.69) is 0 Å². The topological polar surface area (TPSA) is 71.1 Å². The summed E-state index contributed by atoms with van der Waals surface area (Å²) < 4.78 is 21.0. The molecule has 0 bridgehead atoms. The summed E-state index contributed by atoms with van der Waals surface area (Å²) >= 11 is 0. The third kappa shape index (κ3) is 9.65. The molecule has 0 spiro atoms. The Morgan fingerprint density at radius 2 is 1.61 bits per heavy atom. The van der Waals surface area contributed by atoms with Gasteiger partial charge >= 0.3 is 5.97 Å². The smallest absolute Gasteiger partial charge is 0.332 e. The molecule has 0 saturated carbocycles. The van der Waals surface area contributed by atoms with Crippen LogP contribution in [0, 0.1) is 0 Å². The molecule has 1 aromatic rings. The first kappa shape index (κ1) is 19.1. The van der Waals surface area contributed by atoms with Crippen LogP contribution in [0.3, 0.4) is 0 Å². The summed E-state index contributed by atoms with van der Waals surface area (Å²) in [5, 5.41) is 0. The number of rotatable bonds is 10. The number of carbonyl (C=O) groups excluding carboxylic acids is 2. The minimum absolute atomic E-state index is 0.0831. The van der Waals surface area contributed by atoms with E-state index in [1.807, 2.05) is 0 Å². The Labute approximate surface area is 136 Å². The maximum atomic E-state index is 11.4. The van der Waals surface area contributed by atoms with Crippen molar-refractivity contribution in [2.45, 2.75) is 26.4 Å². The SMILES string of the molecule is CC(C)(C)OC(=O)COCCOCCOc1ccc(C=O)cc1. The largest absolute Gasteiger partial charge is 0.491 e. The zero-order valence-corrected chi connectivity index (χ0v) is 13.9. The molecular formula is C17H24O6. The van der Waals surface area contributed by atoms with Gasteiger partial charge in [0.15, 0.2) is 0 Å². The molecule has 128 valence electrons. The van der Waals surface area contributed by atoms with E-state index >= 15 is 0 Å². The van der Waals surface area contributed by atoms with Crippen LogP contribution in [-0.2, 0) is 19.0 Å². The van der Waals surface area contributed by atoms with E-state index in [1.165, 1.54) is 0 Å². The van der Waals surface area contributed by atoms with Crippen molar-refractivity contribution in [2.24, 2.45) is 0 Å². The van der Waals surface area contributed by atoms with Crippen molar-refractivity contribution in [3.05, 3.63) is 29.8 Å². The molecule has 0 aliphatic heterocycles. The van der Waals surface area contributed by atoms with Gasteiger partial charge < -0.3 is 18.9 Å². The zero-order valence-electron chi connectivity index (χ0n) is 13.9. The van der Waals surface area contributed by atoms with Crippen molar-refractivity contribution in [1.82, 2.24) is 0 Å². The highest BCUT2D eigenvalue weighted by atomic mass is 16.6. The molecule has 0 radical (unpaired) electrons. The standard InChI is InChI=1S/C17H24O6/c1-17(2,3)23-16(19)13-21-9-8-20-10-11-22-15-6-4-14(12-18)5-7-15/h4-7,12H,8-11,13H2,1-3H3. The first-order valence-corrected chi connectivity index (χ1v) is 7.46. The summed E-state index contributed by atoms with van der Waals surface area (Å²) in [7, 11) is 0. The maximum Gasteiger partial charge on any atom is 0.332 e. The van der Waals surface area contributed by atoms with Crippen LogP contribution in [0.5, 0.6) is 5.75 Å². The molecule has 0 unspecified atom stereocenters. The Morgan fingerprint density at radius 1 is 1.00 bits per heavy atom. The van der Waals surface area contributed by atoms with Gasteiger partial charge in [0.2, 0.25) is 0 Å². The molecule has 6 heteroatoms. The van der Waals surface area contributed by atoms with Crippen LogP contribution in [0.1, 0.15) is 31.1 Å². The van der Waals surface area contributed by atoms with Gasteiger partial charge in [-0.05, 0) is 45.0 Å². The summed E-state index contributed by atoms with van der Waals surface area (Å²) in [6.07, 6.45) is 0.782. The molecule has 0 atom stereocenters. The number of hydrogen-bond acceptors (Lipinski definition) is 6. The van der Waals surface area contributed by atoms with Crippen LogP contribution in [-0.4, -0.2) is 50.9 Å². The number of aldehydes is 1. The Hall–Kier alpha value is -1.92. The second-order valence-electron chi connectivity index (χ2n) is 5.79. The van der Waals surface area contributed by atoms with E-state index in [1.54, 1.807) is 45.0 Å². The summed E-state index contributed by atoms with van der Waals surface area (Å²) in [6, 6.07) is 6.84. The molecule has 0 amide bonds. The Morgan fingerprint density at radius 3 is 2.22 bits per heavy atom. The van der Waals surface area contributed by atoms with Crippen LogP contribution in [0.4, 0.5) is 0 Å². The van der Waals surface area contributed by atoms with E-state index in [4.69, 9.17) is 18.9 Å². The number of benzene rings is 1. The molecule has 0 heterocycles. The van der Waals surface area contributed by atoms with Gasteiger partial charge in [0.25, 0.3) is 0 Å². The van der Waals surface area contributed by atoms with Gasteiger partial charge in [-0.3, -0.25) is 4.79 Å². The lowest BCUT2D eigenvalue weighted by molar-refractivity contribution is -0.160. The van der Waals surface area contributed by atoms with Crippen LogP contribution in [0.15, 0.2) is 24.3 Å². The van der Waals surface area contributed by atoms with Gasteiger partial charge in [-0.2, -0.15) is 0 Å². The number of esters is 1. The highest BCUT2D eigenvalue weighted by molar-refractivity contribution is 5.74. The summed E-state index contributed by atoms with van der Waals surface area (Å²) in [4.78, 5) is 21.9. The summed E-state index contributed by atoms with van der Waals surface area (Å²) in [5.41, 5.74) is 0.105. The molecule has 1 aromatic carbocycles. The third-order valence-corrected chi connectivity index (χ3v) is 2.52. The molecule has 0 saturated heterocycles. The van der Waals surface area contributed by atoms with E-state index in [0.29, 0.717) is 37.7 Å². The predicted molar refractivity (Wildman–Crippen MR) is 84.8 cm³/mol. The van der Waals surface area contributed by atoms with Crippen molar-refractivity contribution < 1.29 is 28.5 Å². The second kappa shape index (κ2) is 9.97. The van der Waals surface area contributed by atoms with E-state index < -0.39 is 5.60 Å². The van der Waals surface area contributed by atoms with Crippen LogP contribution >= 0.6 is 0 Å². The lowest BCUT2D eigenvalue weighted by atomic mass is 10.2. The van der Waals surface area contributed by atoms with Crippen molar-refractivity contribution in [3.63, 3.8) is 0 Å². The third-order valence-electron chi connectivity index (χ3n) is 2.52. The first-order valence-electron chi connectivity index (χ1n) is 7.46. The fourth-order valence-electron chi connectivity index (χ4n) is 1.61. The van der Waals surface area contributed by atoms with Crippen molar-refractivity contribution in [2.75, 3.05) is 33.0 Å². The van der Waals surface area contributed by atoms with E-state index in [0.717, 1.165) is 6.29 Å². The molecule has 0 aliphatic rings. The molecule has 23 heavy (non-hydrogen) atoms. The maximum absolute atomic E-state index is 11.4. The van der Waals surface area contributed by atoms with Gasteiger partial charge in [-0.1, -0.05) is 0 Å². The van der Waals surface area contributed by atoms with Crippen molar-refractivity contribution in [1.29, 1.82) is 0 Å². The number of carbonyl (C=O) groups is 2. The fraction of sp³-hybridized carbons (Fsp3) is 0.529. The Bertz CT molecular complexity index is 475. The Balaban J connectivity index is 1.99. The van der Waals surface area contributed by atoms with Crippen molar-refractivity contribution in [3.8, 4) is 5.75 Å². The highest BCUT2D eigenvalue weighted by Crippen LogP contribution is 2.10. The molecule has 1 rings (SSSR count). The van der Waals surface area contributed by atoms with Gasteiger partial charge in [-0.15, -0.1) is 0 Å². The summed E-state index contributed by atoms with van der Waals surface area (Å²) in [6.45, 7) is 6.82. The van der Waals surface area contributed by atoms with E-state index in [9.17, 15) is 9.59 Å². The molecular weight excluding hydrogens is 300 g/mol. The molecule has 0 fully saturated rings. The zero-order chi connectivity index (χ0) is 17.1. The lowest BCUT2D eigenvalue weighted by Crippen LogP contribution is -2.27. The number of hydrogen-bond donors (Lipinski definition) is 0. The van der Waals surface area contributed by atoms with Gasteiger partial charge in [0.1, 0.15) is 30.9 Å². The van der Waals surface area contributed by atoms with Gasteiger partial charge in [0, 0.05) is 5.56 Å². The quantitative estimate of drug-likeness (QED) is 0.373. The molecule has 0 aliphatic carbocycles. The average Bonchev–Trinajstić information content (AvgIpc) is 2.48. The minimum Gasteiger partial charge on any atom is -0.491 e. The molecule has 0 N–H and O–H groups in total. The lowest BCUT2D eigenvalue weighted by Gasteiger charge is -2.19. The normalized spacial score (nSPS) is 11.1. The van der Waals surface area contributed by atoms with Crippen LogP contribution in [0.2, 0.25) is 0 Å². The molecule has 0 aromatic heterocycles. The van der Waals surface area contributed by atoms with Crippen LogP contribution in [0.25, 0.3) is 0 Å². The first-order chi connectivity index (χ1) is 10.9. The minimum atomic E-state index is -0.502. The van der Waals surface area contributed by atoms with Gasteiger partial charge in [0.05, 0.1) is 19.8 Å². The predicted octanol–water partition coefficient (Wildman–Crippen LogP) is 2.25. The summed E-state index contributed by atoms with van der Waals surface area (Å²) in [5.74, 6) is 0.292. The van der Waals surface area contributed by atoms with E-state index in [-0.39, 0.29) is 12.6 Å². The molecule has 6 nitrogen and oxygen atoms in total. The fourth-order valence-corrected chi connectivity index (χ4v) is 1.61. The number of ether oxygens (including phenoxy) is 4. The second-order valence-corrected chi connectivity index (χ2v) is 5.79. The average molecular weight is 324 g/mol. The Kier molecular flexibility index (Phi) is 8.29. The highest BCUT2D eigenvalue weighted by Gasteiger charge is 2.15. The van der Waals surface area contributed by atoms with Crippen LogP contribution < -0.4 is 4.74 Å². The van der Waals surface area contributed by atoms with Gasteiger partial charge in [-0.25, -0.2) is 4.79 Å². The van der Waals surface area contributed by atoms with Crippen molar-refractivity contribution >= 4 is 12.3 Å².